The molecule has 1 aromatic rings. The summed E-state index contributed by atoms with van der Waals surface area (Å²) in [6.45, 7) is 4.80. The topological polar surface area (TPSA) is 35.6 Å². The van der Waals surface area contributed by atoms with E-state index < -0.39 is 0 Å². The molecule has 0 bridgehead atoms. The minimum Gasteiger partial charge on any atom is -0.335 e. The van der Waals surface area contributed by atoms with Gasteiger partial charge in [0.15, 0.2) is 0 Å². The first-order chi connectivity index (χ1) is 9.20. The highest BCUT2D eigenvalue weighted by Crippen LogP contribution is 2.14. The largest absolute Gasteiger partial charge is 0.335 e. The van der Waals surface area contributed by atoms with Gasteiger partial charge in [-0.05, 0) is 52.0 Å². The summed E-state index contributed by atoms with van der Waals surface area (Å²) in [5.41, 5.74) is 0.954. The number of hydrogen-bond donors (Lipinski definition) is 1. The Kier molecular flexibility index (Phi) is 4.80. The Morgan fingerprint density at radius 1 is 1.32 bits per heavy atom. The van der Waals surface area contributed by atoms with Crippen molar-refractivity contribution in [3.63, 3.8) is 0 Å². The summed E-state index contributed by atoms with van der Waals surface area (Å²) >= 11 is 0. The molecule has 0 aliphatic carbocycles. The molecule has 0 radical (unpaired) electrons. The fourth-order valence-electron chi connectivity index (χ4n) is 2.46. The molecule has 1 heterocycles. The van der Waals surface area contributed by atoms with Gasteiger partial charge in [-0.3, -0.25) is 4.90 Å². The predicted molar refractivity (Wildman–Crippen MR) is 78.5 cm³/mol. The zero-order chi connectivity index (χ0) is 13.7. The van der Waals surface area contributed by atoms with E-state index in [1.54, 1.807) is 4.90 Å². The molecule has 0 atom stereocenters. The SMILES string of the molecule is CCN(C(=O)NC1CCN(C)CC1)c1ccccc1. The lowest BCUT2D eigenvalue weighted by molar-refractivity contribution is 0.218. The van der Waals surface area contributed by atoms with Gasteiger partial charge in [0.25, 0.3) is 0 Å². The van der Waals surface area contributed by atoms with Gasteiger partial charge >= 0.3 is 6.03 Å². The van der Waals surface area contributed by atoms with E-state index in [1.807, 2.05) is 37.3 Å². The number of anilines is 1. The Bertz CT molecular complexity index is 399. The first-order valence-electron chi connectivity index (χ1n) is 7.02. The zero-order valence-corrected chi connectivity index (χ0v) is 11.8. The second kappa shape index (κ2) is 6.57. The summed E-state index contributed by atoms with van der Waals surface area (Å²) in [5.74, 6) is 0. The number of likely N-dealkylation sites (tertiary alicyclic amines) is 1. The molecule has 0 aromatic heterocycles. The van der Waals surface area contributed by atoms with Crippen LogP contribution in [0.5, 0.6) is 0 Å². The lowest BCUT2D eigenvalue weighted by atomic mass is 10.1. The average molecular weight is 261 g/mol. The fourth-order valence-corrected chi connectivity index (χ4v) is 2.46. The number of nitrogens with one attached hydrogen (secondary N) is 1. The Labute approximate surface area is 115 Å². The number of benzene rings is 1. The van der Waals surface area contributed by atoms with Crippen LogP contribution in [0.2, 0.25) is 0 Å². The first kappa shape index (κ1) is 13.9. The predicted octanol–water partition coefficient (Wildman–Crippen LogP) is 2.32. The molecule has 19 heavy (non-hydrogen) atoms. The number of urea groups is 1. The smallest absolute Gasteiger partial charge is 0.322 e. The molecule has 1 aliphatic rings. The Hall–Kier alpha value is -1.55. The third-order valence-corrected chi connectivity index (χ3v) is 3.68. The number of nitrogens with zero attached hydrogens (tertiary/aromatic N) is 2. The van der Waals surface area contributed by atoms with Gasteiger partial charge < -0.3 is 10.2 Å². The molecule has 2 rings (SSSR count). The van der Waals surface area contributed by atoms with Crippen LogP contribution in [0.4, 0.5) is 10.5 Å². The second-order valence-electron chi connectivity index (χ2n) is 5.11. The molecule has 1 saturated heterocycles. The molecule has 1 aliphatic heterocycles. The lowest BCUT2D eigenvalue weighted by Crippen LogP contribution is -2.48. The Morgan fingerprint density at radius 3 is 2.53 bits per heavy atom. The highest BCUT2D eigenvalue weighted by molar-refractivity contribution is 5.92. The minimum atomic E-state index is 0.0169. The van der Waals surface area contributed by atoms with Crippen molar-refractivity contribution in [2.75, 3.05) is 31.6 Å². The summed E-state index contributed by atoms with van der Waals surface area (Å²) in [7, 11) is 2.13. The van der Waals surface area contributed by atoms with Crippen LogP contribution in [0.25, 0.3) is 0 Å². The Balaban J connectivity index is 1.94. The molecule has 4 heteroatoms. The summed E-state index contributed by atoms with van der Waals surface area (Å²) in [5, 5.41) is 3.15. The van der Waals surface area contributed by atoms with Crippen molar-refractivity contribution in [1.29, 1.82) is 0 Å². The monoisotopic (exact) mass is 261 g/mol. The highest BCUT2D eigenvalue weighted by Gasteiger charge is 2.21. The molecule has 1 fully saturated rings. The summed E-state index contributed by atoms with van der Waals surface area (Å²) in [6.07, 6.45) is 2.07. The van der Waals surface area contributed by atoms with E-state index in [0.29, 0.717) is 12.6 Å². The van der Waals surface area contributed by atoms with Crippen LogP contribution in [0.3, 0.4) is 0 Å². The third kappa shape index (κ3) is 3.70. The number of amides is 2. The van der Waals surface area contributed by atoms with E-state index in [0.717, 1.165) is 31.6 Å². The minimum absolute atomic E-state index is 0.0169. The number of carbonyl (C=O) groups excluding carboxylic acids is 1. The second-order valence-corrected chi connectivity index (χ2v) is 5.11. The van der Waals surface area contributed by atoms with E-state index in [-0.39, 0.29) is 6.03 Å². The molecule has 4 nitrogen and oxygen atoms in total. The quantitative estimate of drug-likeness (QED) is 0.906. The summed E-state index contributed by atoms with van der Waals surface area (Å²) < 4.78 is 0. The van der Waals surface area contributed by atoms with Crippen molar-refractivity contribution >= 4 is 11.7 Å². The van der Waals surface area contributed by atoms with E-state index in [2.05, 4.69) is 17.3 Å². The number of para-hydroxylation sites is 1. The van der Waals surface area contributed by atoms with Gasteiger partial charge in [-0.15, -0.1) is 0 Å². The van der Waals surface area contributed by atoms with Crippen LogP contribution < -0.4 is 10.2 Å². The van der Waals surface area contributed by atoms with E-state index in [9.17, 15) is 4.79 Å². The van der Waals surface area contributed by atoms with Crippen LogP contribution in [-0.2, 0) is 0 Å². The molecule has 1 aromatic carbocycles. The molecular formula is C15H23N3O. The van der Waals surface area contributed by atoms with E-state index >= 15 is 0 Å². The average Bonchev–Trinajstić information content (AvgIpc) is 2.43. The molecule has 0 saturated carbocycles. The van der Waals surface area contributed by atoms with Crippen molar-refractivity contribution in [2.24, 2.45) is 0 Å². The maximum atomic E-state index is 12.3. The molecule has 0 unspecified atom stereocenters. The summed E-state index contributed by atoms with van der Waals surface area (Å²) in [6, 6.07) is 10.1. The van der Waals surface area contributed by atoms with Gasteiger partial charge in [0, 0.05) is 18.3 Å². The third-order valence-electron chi connectivity index (χ3n) is 3.68. The molecule has 0 spiro atoms. The standard InChI is InChI=1S/C15H23N3O/c1-3-18(14-7-5-4-6-8-14)15(19)16-13-9-11-17(2)12-10-13/h4-8,13H,3,9-12H2,1-2H3,(H,16,19). The van der Waals surface area contributed by atoms with Crippen LogP contribution in [0.1, 0.15) is 19.8 Å². The van der Waals surface area contributed by atoms with E-state index in [1.165, 1.54) is 0 Å². The first-order valence-corrected chi connectivity index (χ1v) is 7.02. The van der Waals surface area contributed by atoms with Crippen LogP contribution in [0.15, 0.2) is 30.3 Å². The van der Waals surface area contributed by atoms with Gasteiger partial charge in [0.1, 0.15) is 0 Å². The van der Waals surface area contributed by atoms with Gasteiger partial charge in [-0.25, -0.2) is 4.79 Å². The normalized spacial score (nSPS) is 17.2. The van der Waals surface area contributed by atoms with Crippen molar-refractivity contribution in [3.8, 4) is 0 Å². The zero-order valence-electron chi connectivity index (χ0n) is 11.8. The lowest BCUT2D eigenvalue weighted by Gasteiger charge is -2.31. The van der Waals surface area contributed by atoms with Crippen molar-refractivity contribution < 1.29 is 4.79 Å². The molecule has 104 valence electrons. The van der Waals surface area contributed by atoms with Gasteiger partial charge in [0.05, 0.1) is 0 Å². The van der Waals surface area contributed by atoms with E-state index in [4.69, 9.17) is 0 Å². The van der Waals surface area contributed by atoms with Crippen molar-refractivity contribution in [2.45, 2.75) is 25.8 Å². The van der Waals surface area contributed by atoms with Crippen LogP contribution in [0, 0.1) is 0 Å². The number of rotatable bonds is 3. The van der Waals surface area contributed by atoms with Gasteiger partial charge in [0.2, 0.25) is 0 Å². The molecule has 1 N–H and O–H groups in total. The fraction of sp³-hybridized carbons (Fsp3) is 0.533. The van der Waals surface area contributed by atoms with Crippen molar-refractivity contribution in [1.82, 2.24) is 10.2 Å². The van der Waals surface area contributed by atoms with Gasteiger partial charge in [-0.2, -0.15) is 0 Å². The number of piperidine rings is 1. The van der Waals surface area contributed by atoms with Crippen LogP contribution in [-0.4, -0.2) is 43.7 Å². The van der Waals surface area contributed by atoms with Gasteiger partial charge in [-0.1, -0.05) is 18.2 Å². The Morgan fingerprint density at radius 2 is 1.95 bits per heavy atom. The maximum Gasteiger partial charge on any atom is 0.322 e. The molecule has 2 amide bonds. The highest BCUT2D eigenvalue weighted by atomic mass is 16.2. The van der Waals surface area contributed by atoms with Crippen molar-refractivity contribution in [3.05, 3.63) is 30.3 Å². The van der Waals surface area contributed by atoms with Crippen LogP contribution >= 0.6 is 0 Å². The molecular weight excluding hydrogens is 238 g/mol. The number of carbonyl (C=O) groups is 1. The maximum absolute atomic E-state index is 12.3. The summed E-state index contributed by atoms with van der Waals surface area (Å²) in [4.78, 5) is 16.4. The number of hydrogen-bond acceptors (Lipinski definition) is 2.